The van der Waals surface area contributed by atoms with E-state index in [1.165, 1.54) is 51.4 Å². The van der Waals surface area contributed by atoms with Crippen LogP contribution in [0.3, 0.4) is 0 Å². The molecule has 0 aliphatic heterocycles. The molecule has 0 saturated heterocycles. The number of ether oxygens (including phenoxy) is 1. The van der Waals surface area contributed by atoms with Gasteiger partial charge in [-0.2, -0.15) is 10.2 Å². The summed E-state index contributed by atoms with van der Waals surface area (Å²) in [5.74, 6) is 6.64. The lowest BCUT2D eigenvalue weighted by Gasteiger charge is -2.10. The third kappa shape index (κ3) is 8.67. The topological polar surface area (TPSA) is 35.0 Å². The van der Waals surface area contributed by atoms with Gasteiger partial charge in [0.2, 0.25) is 0 Å². The minimum absolute atomic E-state index is 0.162. The molecule has 1 aromatic heterocycles. The van der Waals surface area contributed by atoms with Crippen molar-refractivity contribution in [1.29, 1.82) is 0 Å². The SMILES string of the molecule is CCCCCCCCCCc1nnccc1-c1ccccc1C#CCC(C)OCC. The summed E-state index contributed by atoms with van der Waals surface area (Å²) in [7, 11) is 0. The van der Waals surface area contributed by atoms with Crippen LogP contribution in [0, 0.1) is 11.8 Å². The number of rotatable bonds is 13. The predicted octanol–water partition coefficient (Wildman–Crippen LogP) is 6.99. The van der Waals surface area contributed by atoms with Gasteiger partial charge in [-0.3, -0.25) is 0 Å². The van der Waals surface area contributed by atoms with Gasteiger partial charge in [0.1, 0.15) is 0 Å². The molecular weight excluding hydrogens is 368 g/mol. The second-order valence-corrected chi connectivity index (χ2v) is 7.93. The molecule has 2 rings (SSSR count). The van der Waals surface area contributed by atoms with Gasteiger partial charge in [0.15, 0.2) is 0 Å². The molecule has 30 heavy (non-hydrogen) atoms. The molecule has 1 unspecified atom stereocenters. The van der Waals surface area contributed by atoms with Gasteiger partial charge in [0, 0.05) is 24.2 Å². The molecule has 3 heteroatoms. The van der Waals surface area contributed by atoms with E-state index in [4.69, 9.17) is 4.74 Å². The maximum absolute atomic E-state index is 5.58. The van der Waals surface area contributed by atoms with Crippen LogP contribution in [0.2, 0.25) is 0 Å². The first kappa shape index (κ1) is 24.1. The second-order valence-electron chi connectivity index (χ2n) is 7.93. The molecule has 0 aliphatic carbocycles. The van der Waals surface area contributed by atoms with Gasteiger partial charge in [-0.25, -0.2) is 0 Å². The van der Waals surface area contributed by atoms with Crippen LogP contribution in [-0.2, 0) is 11.2 Å². The van der Waals surface area contributed by atoms with Gasteiger partial charge in [-0.1, -0.05) is 81.9 Å². The fourth-order valence-corrected chi connectivity index (χ4v) is 3.68. The van der Waals surface area contributed by atoms with E-state index in [2.05, 4.69) is 60.2 Å². The van der Waals surface area contributed by atoms with Crippen molar-refractivity contribution in [2.24, 2.45) is 0 Å². The summed E-state index contributed by atoms with van der Waals surface area (Å²) in [4.78, 5) is 0. The molecule has 0 saturated carbocycles. The van der Waals surface area contributed by atoms with Crippen molar-refractivity contribution in [1.82, 2.24) is 10.2 Å². The van der Waals surface area contributed by atoms with Crippen LogP contribution in [0.15, 0.2) is 36.5 Å². The zero-order valence-corrected chi connectivity index (χ0v) is 19.1. The Labute approximate surface area is 183 Å². The van der Waals surface area contributed by atoms with Gasteiger partial charge in [-0.15, -0.1) is 0 Å². The Morgan fingerprint density at radius 1 is 0.900 bits per heavy atom. The van der Waals surface area contributed by atoms with Crippen LogP contribution < -0.4 is 0 Å². The molecule has 0 aliphatic rings. The Balaban J connectivity index is 1.99. The van der Waals surface area contributed by atoms with E-state index in [0.717, 1.165) is 41.8 Å². The first-order chi connectivity index (χ1) is 14.8. The lowest BCUT2D eigenvalue weighted by Crippen LogP contribution is -2.05. The van der Waals surface area contributed by atoms with Crippen LogP contribution in [0.1, 0.15) is 89.8 Å². The maximum Gasteiger partial charge on any atom is 0.0709 e. The Hall–Kier alpha value is -2.18. The number of hydrogen-bond acceptors (Lipinski definition) is 3. The lowest BCUT2D eigenvalue weighted by atomic mass is 9.96. The summed E-state index contributed by atoms with van der Waals surface area (Å²) < 4.78 is 5.58. The molecule has 1 aromatic carbocycles. The molecule has 0 N–H and O–H groups in total. The van der Waals surface area contributed by atoms with Crippen LogP contribution in [0.5, 0.6) is 0 Å². The molecule has 1 atom stereocenters. The summed E-state index contributed by atoms with van der Waals surface area (Å²) in [5.41, 5.74) is 4.45. The van der Waals surface area contributed by atoms with E-state index in [1.807, 2.05) is 13.0 Å². The molecule has 0 bridgehead atoms. The van der Waals surface area contributed by atoms with Crippen molar-refractivity contribution in [2.75, 3.05) is 6.61 Å². The number of unbranched alkanes of at least 4 members (excludes halogenated alkanes) is 7. The fourth-order valence-electron chi connectivity index (χ4n) is 3.68. The third-order valence-electron chi connectivity index (χ3n) is 5.35. The number of aromatic nitrogens is 2. The Morgan fingerprint density at radius 2 is 1.63 bits per heavy atom. The number of hydrogen-bond donors (Lipinski definition) is 0. The highest BCUT2D eigenvalue weighted by molar-refractivity contribution is 5.72. The minimum atomic E-state index is 0.162. The average molecular weight is 407 g/mol. The van der Waals surface area contributed by atoms with Gasteiger partial charge in [0.25, 0.3) is 0 Å². The summed E-state index contributed by atoms with van der Waals surface area (Å²) in [6, 6.07) is 10.4. The van der Waals surface area contributed by atoms with Gasteiger partial charge in [-0.05, 0) is 44.4 Å². The molecule has 2 aromatic rings. The highest BCUT2D eigenvalue weighted by Gasteiger charge is 2.10. The van der Waals surface area contributed by atoms with Crippen LogP contribution in [0.25, 0.3) is 11.1 Å². The lowest BCUT2D eigenvalue weighted by molar-refractivity contribution is 0.0802. The van der Waals surface area contributed by atoms with Crippen LogP contribution >= 0.6 is 0 Å². The molecular formula is C27H38N2O. The van der Waals surface area contributed by atoms with E-state index in [0.29, 0.717) is 0 Å². The monoisotopic (exact) mass is 406 g/mol. The zero-order chi connectivity index (χ0) is 21.4. The highest BCUT2D eigenvalue weighted by Crippen LogP contribution is 2.26. The fraction of sp³-hybridized carbons (Fsp3) is 0.556. The zero-order valence-electron chi connectivity index (χ0n) is 19.1. The van der Waals surface area contributed by atoms with E-state index in [-0.39, 0.29) is 6.10 Å². The predicted molar refractivity (Wildman–Crippen MR) is 126 cm³/mol. The van der Waals surface area contributed by atoms with Gasteiger partial charge >= 0.3 is 0 Å². The molecule has 1 heterocycles. The standard InChI is InChI=1S/C27H38N2O/c1-4-6-7-8-9-10-11-12-20-27-26(21-22-28-29-27)25-19-14-13-17-24(25)18-15-16-23(3)30-5-2/h13-14,17,19,21-23H,4-12,16,20H2,1-3H3. The quantitative estimate of drug-likeness (QED) is 0.265. The normalized spacial score (nSPS) is 11.7. The first-order valence-corrected chi connectivity index (χ1v) is 11.8. The minimum Gasteiger partial charge on any atom is -0.378 e. The van der Waals surface area contributed by atoms with Crippen molar-refractivity contribution < 1.29 is 4.74 Å². The summed E-state index contributed by atoms with van der Waals surface area (Å²) >= 11 is 0. The number of nitrogens with zero attached hydrogens (tertiary/aromatic N) is 2. The molecule has 162 valence electrons. The summed E-state index contributed by atoms with van der Waals surface area (Å²) in [5, 5.41) is 8.62. The van der Waals surface area contributed by atoms with Crippen molar-refractivity contribution >= 4 is 0 Å². The molecule has 0 fully saturated rings. The second kappa shape index (κ2) is 14.7. The van der Waals surface area contributed by atoms with Crippen LogP contribution in [-0.4, -0.2) is 22.9 Å². The van der Waals surface area contributed by atoms with Gasteiger partial charge < -0.3 is 4.74 Å². The summed E-state index contributed by atoms with van der Waals surface area (Å²) in [6.45, 7) is 7.08. The third-order valence-corrected chi connectivity index (χ3v) is 5.35. The van der Waals surface area contributed by atoms with Gasteiger partial charge in [0.05, 0.1) is 18.0 Å². The maximum atomic E-state index is 5.58. The Bertz CT molecular complexity index is 791. The van der Waals surface area contributed by atoms with E-state index < -0.39 is 0 Å². The Morgan fingerprint density at radius 3 is 2.40 bits per heavy atom. The van der Waals surface area contributed by atoms with E-state index in [1.54, 1.807) is 6.20 Å². The van der Waals surface area contributed by atoms with Crippen molar-refractivity contribution in [2.45, 2.75) is 91.1 Å². The van der Waals surface area contributed by atoms with Crippen molar-refractivity contribution in [3.63, 3.8) is 0 Å². The molecule has 3 nitrogen and oxygen atoms in total. The smallest absolute Gasteiger partial charge is 0.0709 e. The first-order valence-electron chi connectivity index (χ1n) is 11.8. The van der Waals surface area contributed by atoms with Crippen molar-refractivity contribution in [3.8, 4) is 23.0 Å². The van der Waals surface area contributed by atoms with E-state index >= 15 is 0 Å². The molecule has 0 amide bonds. The Kier molecular flexibility index (Phi) is 11.8. The number of aryl methyl sites for hydroxylation is 1. The molecule has 0 radical (unpaired) electrons. The highest BCUT2D eigenvalue weighted by atomic mass is 16.5. The van der Waals surface area contributed by atoms with Crippen molar-refractivity contribution in [3.05, 3.63) is 47.8 Å². The molecule has 0 spiro atoms. The summed E-state index contributed by atoms with van der Waals surface area (Å²) in [6.07, 6.45) is 14.2. The largest absolute Gasteiger partial charge is 0.378 e. The van der Waals surface area contributed by atoms with Crippen LogP contribution in [0.4, 0.5) is 0 Å². The number of benzene rings is 1. The van der Waals surface area contributed by atoms with E-state index in [9.17, 15) is 0 Å². The average Bonchev–Trinajstić information content (AvgIpc) is 2.76.